The van der Waals surface area contributed by atoms with Gasteiger partial charge in [0.15, 0.2) is 0 Å². The first kappa shape index (κ1) is 14.9. The van der Waals surface area contributed by atoms with Gasteiger partial charge < -0.3 is 11.1 Å². The SMILES string of the molecule is CC(C)CC(CN)Nc1ccc(C#N)cc1[N+](=O)[O-]. The summed E-state index contributed by atoms with van der Waals surface area (Å²) in [5.41, 5.74) is 6.24. The minimum absolute atomic E-state index is 0.0216. The van der Waals surface area contributed by atoms with E-state index in [1.165, 1.54) is 6.07 Å². The number of nitro benzene ring substituents is 1. The predicted octanol–water partition coefficient (Wildman–Crippen LogP) is 2.25. The van der Waals surface area contributed by atoms with E-state index in [1.54, 1.807) is 12.1 Å². The van der Waals surface area contributed by atoms with Crippen LogP contribution in [0.4, 0.5) is 11.4 Å². The van der Waals surface area contributed by atoms with Gasteiger partial charge in [0.05, 0.1) is 16.6 Å². The Morgan fingerprint density at radius 1 is 1.53 bits per heavy atom. The molecule has 0 amide bonds. The number of hydrogen-bond donors (Lipinski definition) is 2. The molecule has 6 heteroatoms. The van der Waals surface area contributed by atoms with E-state index in [-0.39, 0.29) is 17.3 Å². The highest BCUT2D eigenvalue weighted by Gasteiger charge is 2.18. The number of benzene rings is 1. The van der Waals surface area contributed by atoms with Gasteiger partial charge in [0.2, 0.25) is 0 Å². The molecule has 19 heavy (non-hydrogen) atoms. The van der Waals surface area contributed by atoms with Gasteiger partial charge in [-0.2, -0.15) is 5.26 Å². The normalized spacial score (nSPS) is 11.9. The van der Waals surface area contributed by atoms with E-state index in [2.05, 4.69) is 19.2 Å². The Bertz CT molecular complexity index is 494. The van der Waals surface area contributed by atoms with Gasteiger partial charge in [-0.1, -0.05) is 13.8 Å². The second-order valence-electron chi connectivity index (χ2n) is 4.81. The molecule has 0 saturated carbocycles. The van der Waals surface area contributed by atoms with E-state index in [9.17, 15) is 10.1 Å². The lowest BCUT2D eigenvalue weighted by atomic mass is 10.0. The summed E-state index contributed by atoms with van der Waals surface area (Å²) < 4.78 is 0. The van der Waals surface area contributed by atoms with Crippen LogP contribution < -0.4 is 11.1 Å². The molecule has 1 rings (SSSR count). The van der Waals surface area contributed by atoms with E-state index in [4.69, 9.17) is 11.0 Å². The summed E-state index contributed by atoms with van der Waals surface area (Å²) in [7, 11) is 0. The molecule has 3 N–H and O–H groups in total. The van der Waals surface area contributed by atoms with E-state index in [0.717, 1.165) is 6.42 Å². The third-order valence-electron chi connectivity index (χ3n) is 2.72. The van der Waals surface area contributed by atoms with Crippen LogP contribution in [0.15, 0.2) is 18.2 Å². The van der Waals surface area contributed by atoms with Crippen molar-refractivity contribution in [2.24, 2.45) is 11.7 Å². The summed E-state index contributed by atoms with van der Waals surface area (Å²) in [6.07, 6.45) is 0.827. The zero-order valence-electron chi connectivity index (χ0n) is 11.1. The third-order valence-corrected chi connectivity index (χ3v) is 2.72. The Morgan fingerprint density at radius 2 is 2.21 bits per heavy atom. The van der Waals surface area contributed by atoms with E-state index >= 15 is 0 Å². The van der Waals surface area contributed by atoms with Crippen molar-refractivity contribution in [2.75, 3.05) is 11.9 Å². The monoisotopic (exact) mass is 262 g/mol. The summed E-state index contributed by atoms with van der Waals surface area (Å²) in [6, 6.07) is 6.25. The quantitative estimate of drug-likeness (QED) is 0.604. The molecular weight excluding hydrogens is 244 g/mol. The van der Waals surface area contributed by atoms with E-state index in [1.807, 2.05) is 6.07 Å². The zero-order chi connectivity index (χ0) is 14.4. The minimum atomic E-state index is -0.494. The molecule has 102 valence electrons. The first-order chi connectivity index (χ1) is 8.97. The minimum Gasteiger partial charge on any atom is -0.375 e. The van der Waals surface area contributed by atoms with Crippen molar-refractivity contribution >= 4 is 11.4 Å². The molecule has 1 aromatic carbocycles. The van der Waals surface area contributed by atoms with Gasteiger partial charge >= 0.3 is 0 Å². The molecule has 0 aliphatic carbocycles. The topological polar surface area (TPSA) is 105 Å². The van der Waals surface area contributed by atoms with Crippen molar-refractivity contribution in [3.05, 3.63) is 33.9 Å². The van der Waals surface area contributed by atoms with Crippen LogP contribution in [-0.4, -0.2) is 17.5 Å². The van der Waals surface area contributed by atoms with Gasteiger partial charge in [0, 0.05) is 18.7 Å². The highest BCUT2D eigenvalue weighted by molar-refractivity contribution is 5.64. The number of nitrogens with zero attached hydrogens (tertiary/aromatic N) is 2. The average Bonchev–Trinajstić information content (AvgIpc) is 2.37. The van der Waals surface area contributed by atoms with Gasteiger partial charge in [-0.15, -0.1) is 0 Å². The van der Waals surface area contributed by atoms with Gasteiger partial charge in [0.1, 0.15) is 5.69 Å². The second kappa shape index (κ2) is 6.71. The second-order valence-corrected chi connectivity index (χ2v) is 4.81. The molecule has 0 aliphatic rings. The molecule has 0 aliphatic heterocycles. The number of anilines is 1. The van der Waals surface area contributed by atoms with Crippen LogP contribution in [0.5, 0.6) is 0 Å². The van der Waals surface area contributed by atoms with Crippen molar-refractivity contribution in [3.63, 3.8) is 0 Å². The standard InChI is InChI=1S/C13H18N4O2/c1-9(2)5-11(8-15)16-12-4-3-10(7-14)6-13(12)17(18)19/h3-4,6,9,11,16H,5,8,15H2,1-2H3. The highest BCUT2D eigenvalue weighted by Crippen LogP contribution is 2.26. The predicted molar refractivity (Wildman–Crippen MR) is 73.7 cm³/mol. The Balaban J connectivity index is 2.99. The molecule has 1 aromatic rings. The first-order valence-electron chi connectivity index (χ1n) is 6.13. The number of rotatable bonds is 6. The Labute approximate surface area is 112 Å². The molecule has 0 bridgehead atoms. The number of nitrogens with one attached hydrogen (secondary N) is 1. The Kier molecular flexibility index (Phi) is 5.27. The number of hydrogen-bond acceptors (Lipinski definition) is 5. The van der Waals surface area contributed by atoms with Crippen molar-refractivity contribution in [1.29, 1.82) is 5.26 Å². The fraction of sp³-hybridized carbons (Fsp3) is 0.462. The molecule has 0 heterocycles. The lowest BCUT2D eigenvalue weighted by Gasteiger charge is -2.19. The maximum Gasteiger partial charge on any atom is 0.293 e. The lowest BCUT2D eigenvalue weighted by Crippen LogP contribution is -2.30. The maximum absolute atomic E-state index is 11.0. The summed E-state index contributed by atoms with van der Waals surface area (Å²) in [5.74, 6) is 0.443. The molecular formula is C13H18N4O2. The number of nitro groups is 1. The zero-order valence-corrected chi connectivity index (χ0v) is 11.1. The van der Waals surface area contributed by atoms with Crippen LogP contribution in [0.1, 0.15) is 25.8 Å². The van der Waals surface area contributed by atoms with Crippen LogP contribution in [0.25, 0.3) is 0 Å². The maximum atomic E-state index is 11.0. The van der Waals surface area contributed by atoms with Crippen LogP contribution >= 0.6 is 0 Å². The van der Waals surface area contributed by atoms with Gasteiger partial charge in [-0.3, -0.25) is 10.1 Å². The molecule has 0 radical (unpaired) electrons. The fourth-order valence-electron chi connectivity index (χ4n) is 1.88. The fourth-order valence-corrected chi connectivity index (χ4v) is 1.88. The number of nitrogens with two attached hydrogens (primary N) is 1. The number of nitriles is 1. The van der Waals surface area contributed by atoms with Crippen molar-refractivity contribution in [2.45, 2.75) is 26.3 Å². The van der Waals surface area contributed by atoms with Crippen LogP contribution in [0.2, 0.25) is 0 Å². The van der Waals surface area contributed by atoms with Crippen molar-refractivity contribution in [3.8, 4) is 6.07 Å². The van der Waals surface area contributed by atoms with Crippen LogP contribution in [0.3, 0.4) is 0 Å². The van der Waals surface area contributed by atoms with Crippen molar-refractivity contribution < 1.29 is 4.92 Å². The Hall–Kier alpha value is -2.13. The van der Waals surface area contributed by atoms with E-state index < -0.39 is 4.92 Å². The average molecular weight is 262 g/mol. The molecule has 1 atom stereocenters. The lowest BCUT2D eigenvalue weighted by molar-refractivity contribution is -0.384. The largest absolute Gasteiger partial charge is 0.375 e. The summed E-state index contributed by atoms with van der Waals surface area (Å²) in [4.78, 5) is 10.5. The highest BCUT2D eigenvalue weighted by atomic mass is 16.6. The van der Waals surface area contributed by atoms with E-state index in [0.29, 0.717) is 18.2 Å². The van der Waals surface area contributed by atoms with Crippen molar-refractivity contribution in [1.82, 2.24) is 0 Å². The molecule has 1 unspecified atom stereocenters. The smallest absolute Gasteiger partial charge is 0.293 e. The first-order valence-corrected chi connectivity index (χ1v) is 6.13. The molecule has 6 nitrogen and oxygen atoms in total. The van der Waals surface area contributed by atoms with Gasteiger partial charge in [0.25, 0.3) is 5.69 Å². The molecule has 0 saturated heterocycles. The van der Waals surface area contributed by atoms with Crippen LogP contribution in [0, 0.1) is 27.4 Å². The van der Waals surface area contributed by atoms with Crippen LogP contribution in [-0.2, 0) is 0 Å². The summed E-state index contributed by atoms with van der Waals surface area (Å²) in [6.45, 7) is 4.53. The third kappa shape index (κ3) is 4.23. The molecule has 0 aromatic heterocycles. The van der Waals surface area contributed by atoms with Gasteiger partial charge in [-0.05, 0) is 24.5 Å². The summed E-state index contributed by atoms with van der Waals surface area (Å²) in [5, 5.41) is 22.9. The summed E-state index contributed by atoms with van der Waals surface area (Å²) >= 11 is 0. The Morgan fingerprint density at radius 3 is 2.68 bits per heavy atom. The molecule has 0 spiro atoms. The molecule has 0 fully saturated rings. The van der Waals surface area contributed by atoms with Gasteiger partial charge in [-0.25, -0.2) is 0 Å².